The van der Waals surface area contributed by atoms with E-state index in [1.54, 1.807) is 0 Å². The van der Waals surface area contributed by atoms with Crippen LogP contribution in [0.2, 0.25) is 0 Å². The molecule has 0 heterocycles. The fraction of sp³-hybridized carbons (Fsp3) is 0.235. The molecule has 0 bridgehead atoms. The summed E-state index contributed by atoms with van der Waals surface area (Å²) in [5.41, 5.74) is 2.49. The van der Waals surface area contributed by atoms with Crippen LogP contribution in [0.25, 0.3) is 0 Å². The van der Waals surface area contributed by atoms with Gasteiger partial charge in [-0.2, -0.15) is 0 Å². The van der Waals surface area contributed by atoms with Crippen LogP contribution in [-0.4, -0.2) is 18.3 Å². The van der Waals surface area contributed by atoms with Crippen LogP contribution in [-0.2, 0) is 11.2 Å². The first-order valence-electron chi connectivity index (χ1n) is 6.71. The first-order chi connectivity index (χ1) is 9.79. The van der Waals surface area contributed by atoms with Crippen molar-refractivity contribution in [2.45, 2.75) is 12.3 Å². The van der Waals surface area contributed by atoms with E-state index < -0.39 is 0 Å². The lowest BCUT2D eigenvalue weighted by atomic mass is 9.92. The highest BCUT2D eigenvalue weighted by molar-refractivity contribution is 6.27. The van der Waals surface area contributed by atoms with Crippen LogP contribution in [0.15, 0.2) is 60.7 Å². The molecule has 0 saturated carbocycles. The maximum Gasteiger partial charge on any atom is 0.234 e. The summed E-state index contributed by atoms with van der Waals surface area (Å²) in [4.78, 5) is 11.4. The molecule has 2 aromatic carbocycles. The van der Waals surface area contributed by atoms with Gasteiger partial charge in [0.15, 0.2) is 0 Å². The monoisotopic (exact) mass is 287 g/mol. The normalized spacial score (nSPS) is 11.8. The van der Waals surface area contributed by atoms with E-state index in [9.17, 15) is 4.79 Å². The van der Waals surface area contributed by atoms with Gasteiger partial charge in [0.1, 0.15) is 5.88 Å². The van der Waals surface area contributed by atoms with Crippen molar-refractivity contribution in [3.63, 3.8) is 0 Å². The smallest absolute Gasteiger partial charge is 0.234 e. The molecular weight excluding hydrogens is 270 g/mol. The van der Waals surface area contributed by atoms with Crippen LogP contribution in [0, 0.1) is 0 Å². The van der Waals surface area contributed by atoms with Crippen molar-refractivity contribution in [3.8, 4) is 0 Å². The van der Waals surface area contributed by atoms with Crippen LogP contribution in [0.5, 0.6) is 0 Å². The van der Waals surface area contributed by atoms with Crippen LogP contribution >= 0.6 is 11.6 Å². The van der Waals surface area contributed by atoms with Crippen LogP contribution in [0.3, 0.4) is 0 Å². The fourth-order valence-corrected chi connectivity index (χ4v) is 2.31. The first-order valence-corrected chi connectivity index (χ1v) is 7.24. The first kappa shape index (κ1) is 14.6. The third-order valence-electron chi connectivity index (χ3n) is 3.26. The van der Waals surface area contributed by atoms with Crippen molar-refractivity contribution in [2.75, 3.05) is 12.4 Å². The van der Waals surface area contributed by atoms with Gasteiger partial charge in [-0.15, -0.1) is 11.6 Å². The molecule has 1 N–H and O–H groups in total. The topological polar surface area (TPSA) is 29.1 Å². The number of carbonyl (C=O) groups excluding carboxylic acids is 1. The summed E-state index contributed by atoms with van der Waals surface area (Å²) in [6, 6.07) is 20.5. The zero-order chi connectivity index (χ0) is 14.2. The molecule has 2 rings (SSSR count). The van der Waals surface area contributed by atoms with Crippen LogP contribution in [0.4, 0.5) is 0 Å². The van der Waals surface area contributed by atoms with Gasteiger partial charge in [0.25, 0.3) is 0 Å². The van der Waals surface area contributed by atoms with Crippen molar-refractivity contribution in [3.05, 3.63) is 71.8 Å². The number of alkyl halides is 1. The summed E-state index contributed by atoms with van der Waals surface area (Å²) in [5, 5.41) is 2.88. The lowest BCUT2D eigenvalue weighted by molar-refractivity contribution is -0.118. The summed E-state index contributed by atoms with van der Waals surface area (Å²) in [7, 11) is 0. The summed E-state index contributed by atoms with van der Waals surface area (Å²) >= 11 is 5.53. The molecular formula is C17H18ClNO. The number of amides is 1. The van der Waals surface area contributed by atoms with Gasteiger partial charge in [0.2, 0.25) is 5.91 Å². The Morgan fingerprint density at radius 2 is 1.60 bits per heavy atom. The van der Waals surface area contributed by atoms with Gasteiger partial charge in [-0.25, -0.2) is 0 Å². The molecule has 0 aliphatic heterocycles. The minimum Gasteiger partial charge on any atom is -0.354 e. The third-order valence-corrected chi connectivity index (χ3v) is 3.51. The molecule has 2 nitrogen and oxygen atoms in total. The molecule has 1 atom stereocenters. The molecule has 1 unspecified atom stereocenters. The second kappa shape index (κ2) is 7.71. The highest BCUT2D eigenvalue weighted by atomic mass is 35.5. The molecule has 2 aromatic rings. The number of benzene rings is 2. The van der Waals surface area contributed by atoms with E-state index in [-0.39, 0.29) is 17.7 Å². The molecule has 20 heavy (non-hydrogen) atoms. The van der Waals surface area contributed by atoms with Crippen LogP contribution < -0.4 is 5.32 Å². The average molecular weight is 288 g/mol. The van der Waals surface area contributed by atoms with E-state index in [1.807, 2.05) is 36.4 Å². The molecule has 3 heteroatoms. The Hall–Kier alpha value is -1.80. The van der Waals surface area contributed by atoms with E-state index in [2.05, 4.69) is 29.6 Å². The zero-order valence-corrected chi connectivity index (χ0v) is 12.0. The Morgan fingerprint density at radius 3 is 2.20 bits per heavy atom. The molecule has 104 valence electrons. The summed E-state index contributed by atoms with van der Waals surface area (Å²) in [6.45, 7) is 0.602. The Morgan fingerprint density at radius 1 is 1.00 bits per heavy atom. The largest absolute Gasteiger partial charge is 0.354 e. The predicted molar refractivity (Wildman–Crippen MR) is 83.1 cm³/mol. The van der Waals surface area contributed by atoms with Crippen molar-refractivity contribution < 1.29 is 4.79 Å². The predicted octanol–water partition coefficient (Wildman–Crippen LogP) is 3.37. The Bertz CT molecular complexity index is 527. The van der Waals surface area contributed by atoms with Crippen molar-refractivity contribution in [2.24, 2.45) is 0 Å². The lowest BCUT2D eigenvalue weighted by Crippen LogP contribution is -2.30. The molecule has 0 fully saturated rings. The standard InChI is InChI=1S/C17H18ClNO/c18-12-17(20)19-13-16(15-9-5-2-6-10-15)11-14-7-3-1-4-8-14/h1-10,16H,11-13H2,(H,19,20). The van der Waals surface area contributed by atoms with E-state index in [1.165, 1.54) is 11.1 Å². The number of carbonyl (C=O) groups is 1. The Kier molecular flexibility index (Phi) is 5.63. The SMILES string of the molecule is O=C(CCl)NCC(Cc1ccccc1)c1ccccc1. The number of rotatable bonds is 6. The highest BCUT2D eigenvalue weighted by Crippen LogP contribution is 2.20. The molecule has 0 radical (unpaired) electrons. The summed E-state index contributed by atoms with van der Waals surface area (Å²) in [5.74, 6) is 0.138. The van der Waals surface area contributed by atoms with E-state index >= 15 is 0 Å². The maximum atomic E-state index is 11.4. The van der Waals surface area contributed by atoms with Crippen molar-refractivity contribution >= 4 is 17.5 Å². The molecule has 0 aromatic heterocycles. The molecule has 0 aliphatic rings. The third kappa shape index (κ3) is 4.39. The molecule has 0 saturated heterocycles. The quantitative estimate of drug-likeness (QED) is 0.811. The minimum atomic E-state index is -0.124. The summed E-state index contributed by atoms with van der Waals surface area (Å²) < 4.78 is 0. The number of hydrogen-bond donors (Lipinski definition) is 1. The molecule has 0 spiro atoms. The van der Waals surface area contributed by atoms with Gasteiger partial charge in [-0.05, 0) is 17.5 Å². The van der Waals surface area contributed by atoms with Crippen LogP contribution in [0.1, 0.15) is 17.0 Å². The van der Waals surface area contributed by atoms with Gasteiger partial charge >= 0.3 is 0 Å². The maximum absolute atomic E-state index is 11.4. The lowest BCUT2D eigenvalue weighted by Gasteiger charge is -2.18. The Labute approximate surface area is 124 Å². The van der Waals surface area contributed by atoms with Gasteiger partial charge < -0.3 is 5.32 Å². The average Bonchev–Trinajstić information content (AvgIpc) is 2.53. The van der Waals surface area contributed by atoms with E-state index in [0.717, 1.165) is 6.42 Å². The van der Waals surface area contributed by atoms with Gasteiger partial charge in [-0.3, -0.25) is 4.79 Å². The minimum absolute atomic E-state index is 0.00679. The number of hydrogen-bond acceptors (Lipinski definition) is 1. The molecule has 1 amide bonds. The summed E-state index contributed by atoms with van der Waals surface area (Å²) in [6.07, 6.45) is 0.896. The number of nitrogens with one attached hydrogen (secondary N) is 1. The second-order valence-electron chi connectivity index (χ2n) is 4.74. The zero-order valence-electron chi connectivity index (χ0n) is 11.3. The number of halogens is 1. The Balaban J connectivity index is 2.10. The fourth-order valence-electron chi connectivity index (χ4n) is 2.22. The van der Waals surface area contributed by atoms with E-state index in [4.69, 9.17) is 11.6 Å². The van der Waals surface area contributed by atoms with Crippen molar-refractivity contribution in [1.82, 2.24) is 5.32 Å². The van der Waals surface area contributed by atoms with Gasteiger partial charge in [-0.1, -0.05) is 60.7 Å². The molecule has 0 aliphatic carbocycles. The second-order valence-corrected chi connectivity index (χ2v) is 5.00. The highest BCUT2D eigenvalue weighted by Gasteiger charge is 2.13. The van der Waals surface area contributed by atoms with E-state index in [0.29, 0.717) is 6.54 Å². The van der Waals surface area contributed by atoms with Crippen molar-refractivity contribution in [1.29, 1.82) is 0 Å². The van der Waals surface area contributed by atoms with Gasteiger partial charge in [0.05, 0.1) is 0 Å². The van der Waals surface area contributed by atoms with Gasteiger partial charge in [0, 0.05) is 12.5 Å².